The molecular formula is C23H22N2O5S. The molecule has 0 bridgehead atoms. The molecule has 7 nitrogen and oxygen atoms in total. The SMILES string of the molecule is COc1ccc(COC(=O)C2=C([C@@H]3Cc4ccccc4O3)CS[C@@H]3[C@H](N)C(=O)N23)cc1. The summed E-state index contributed by atoms with van der Waals surface area (Å²) in [4.78, 5) is 27.2. The lowest BCUT2D eigenvalue weighted by Gasteiger charge is -2.48. The highest BCUT2D eigenvalue weighted by Crippen LogP contribution is 2.43. The number of nitrogens with zero attached hydrogens (tertiary/aromatic N) is 1. The van der Waals surface area contributed by atoms with Crippen LogP contribution in [0.15, 0.2) is 59.8 Å². The van der Waals surface area contributed by atoms with Crippen LogP contribution in [0, 0.1) is 0 Å². The summed E-state index contributed by atoms with van der Waals surface area (Å²) < 4.78 is 16.9. The normalized spacial score (nSPS) is 24.1. The number of ether oxygens (including phenoxy) is 3. The third-order valence-corrected chi connectivity index (χ3v) is 7.12. The second kappa shape index (κ2) is 7.94. The van der Waals surface area contributed by atoms with Gasteiger partial charge in [0.1, 0.15) is 41.3 Å². The minimum Gasteiger partial charge on any atom is -0.497 e. The third kappa shape index (κ3) is 3.45. The average molecular weight is 439 g/mol. The molecule has 3 heterocycles. The molecule has 2 aromatic rings. The minimum atomic E-state index is -0.599. The Hall–Kier alpha value is -2.97. The standard InChI is InChI=1S/C23H22N2O5S/c1-28-15-8-6-13(7-9-15)11-29-23(27)20-16(12-31-22-19(24)21(26)25(20)22)18-10-14-4-2-3-5-17(14)30-18/h2-9,18-19,22H,10-12,24H2,1H3/t18-,19+,22+/m0/s1. The first-order chi connectivity index (χ1) is 15.1. The molecule has 1 fully saturated rings. The van der Waals surface area contributed by atoms with E-state index in [1.165, 1.54) is 4.90 Å². The zero-order chi connectivity index (χ0) is 21.5. The maximum Gasteiger partial charge on any atom is 0.355 e. The summed E-state index contributed by atoms with van der Waals surface area (Å²) in [5, 5.41) is -0.247. The monoisotopic (exact) mass is 438 g/mol. The third-order valence-electron chi connectivity index (χ3n) is 5.80. The number of amides is 1. The summed E-state index contributed by atoms with van der Waals surface area (Å²) in [6.07, 6.45) is 0.346. The molecule has 0 saturated carbocycles. The van der Waals surface area contributed by atoms with Crippen LogP contribution in [0.4, 0.5) is 0 Å². The highest BCUT2D eigenvalue weighted by Gasteiger charge is 2.53. The average Bonchev–Trinajstić information content (AvgIpc) is 3.25. The summed E-state index contributed by atoms with van der Waals surface area (Å²) in [7, 11) is 1.60. The van der Waals surface area contributed by atoms with Crippen molar-refractivity contribution in [1.82, 2.24) is 4.90 Å². The molecule has 3 aliphatic rings. The summed E-state index contributed by atoms with van der Waals surface area (Å²) in [5.74, 6) is 1.31. The van der Waals surface area contributed by atoms with Gasteiger partial charge in [-0.1, -0.05) is 30.3 Å². The zero-order valence-electron chi connectivity index (χ0n) is 16.9. The van der Waals surface area contributed by atoms with Crippen LogP contribution in [-0.2, 0) is 27.4 Å². The topological polar surface area (TPSA) is 91.1 Å². The number of esters is 1. The first-order valence-corrected chi connectivity index (χ1v) is 11.1. The minimum absolute atomic E-state index is 0.0945. The fraction of sp³-hybridized carbons (Fsp3) is 0.304. The van der Waals surface area contributed by atoms with Gasteiger partial charge >= 0.3 is 5.97 Å². The molecule has 0 unspecified atom stereocenters. The van der Waals surface area contributed by atoms with Gasteiger partial charge in [0.05, 0.1) is 7.11 Å². The second-order valence-corrected chi connectivity index (χ2v) is 8.76. The predicted octanol–water partition coefficient (Wildman–Crippen LogP) is 2.24. The number of para-hydroxylation sites is 1. The number of thioether (sulfide) groups is 1. The lowest BCUT2D eigenvalue weighted by atomic mass is 9.98. The number of rotatable bonds is 5. The quantitative estimate of drug-likeness (QED) is 0.565. The molecule has 31 heavy (non-hydrogen) atoms. The van der Waals surface area contributed by atoms with E-state index in [-0.39, 0.29) is 29.7 Å². The van der Waals surface area contributed by atoms with Crippen molar-refractivity contribution in [3.8, 4) is 11.5 Å². The van der Waals surface area contributed by atoms with Crippen molar-refractivity contribution in [1.29, 1.82) is 0 Å². The Morgan fingerprint density at radius 2 is 2.00 bits per heavy atom. The van der Waals surface area contributed by atoms with Gasteiger partial charge in [-0.2, -0.15) is 0 Å². The van der Waals surface area contributed by atoms with Crippen LogP contribution in [0.1, 0.15) is 11.1 Å². The summed E-state index contributed by atoms with van der Waals surface area (Å²) >= 11 is 1.56. The van der Waals surface area contributed by atoms with Crippen molar-refractivity contribution in [3.63, 3.8) is 0 Å². The number of benzene rings is 2. The van der Waals surface area contributed by atoms with Gasteiger partial charge in [-0.05, 0) is 29.3 Å². The maximum absolute atomic E-state index is 13.2. The Balaban J connectivity index is 1.41. The van der Waals surface area contributed by atoms with Crippen LogP contribution in [0.25, 0.3) is 0 Å². The lowest BCUT2D eigenvalue weighted by Crippen LogP contribution is -2.68. The van der Waals surface area contributed by atoms with Crippen molar-refractivity contribution in [2.45, 2.75) is 30.5 Å². The lowest BCUT2D eigenvalue weighted by molar-refractivity contribution is -0.151. The van der Waals surface area contributed by atoms with Crippen molar-refractivity contribution < 1.29 is 23.8 Å². The number of hydrogen-bond donors (Lipinski definition) is 1. The molecule has 0 aliphatic carbocycles. The van der Waals surface area contributed by atoms with Crippen LogP contribution in [0.2, 0.25) is 0 Å². The van der Waals surface area contributed by atoms with Crippen LogP contribution < -0.4 is 15.2 Å². The van der Waals surface area contributed by atoms with Crippen molar-refractivity contribution >= 4 is 23.6 Å². The predicted molar refractivity (Wildman–Crippen MR) is 115 cm³/mol. The molecule has 0 radical (unpaired) electrons. The molecule has 8 heteroatoms. The largest absolute Gasteiger partial charge is 0.497 e. The van der Waals surface area contributed by atoms with E-state index in [0.717, 1.165) is 28.2 Å². The van der Waals surface area contributed by atoms with E-state index >= 15 is 0 Å². The Bertz CT molecular complexity index is 1040. The Morgan fingerprint density at radius 3 is 2.74 bits per heavy atom. The Labute approximate surface area is 184 Å². The molecule has 0 aromatic heterocycles. The number of carbonyl (C=O) groups is 2. The molecule has 5 rings (SSSR count). The number of β-lactam (4-membered cyclic amide) rings is 1. The molecular weight excluding hydrogens is 416 g/mol. The van der Waals surface area contributed by atoms with Gasteiger partial charge in [-0.25, -0.2) is 4.79 Å². The summed E-state index contributed by atoms with van der Waals surface area (Å²) in [6, 6.07) is 14.5. The molecule has 0 spiro atoms. The van der Waals surface area contributed by atoms with Crippen LogP contribution in [0.3, 0.4) is 0 Å². The molecule has 2 N–H and O–H groups in total. The molecule has 1 saturated heterocycles. The van der Waals surface area contributed by atoms with E-state index in [9.17, 15) is 9.59 Å². The second-order valence-electron chi connectivity index (χ2n) is 7.65. The van der Waals surface area contributed by atoms with Crippen LogP contribution in [0.5, 0.6) is 11.5 Å². The maximum atomic E-state index is 13.2. The first kappa shape index (κ1) is 20.0. The smallest absolute Gasteiger partial charge is 0.355 e. The van der Waals surface area contributed by atoms with Crippen molar-refractivity contribution in [3.05, 3.63) is 70.9 Å². The van der Waals surface area contributed by atoms with Crippen LogP contribution in [-0.4, -0.2) is 47.2 Å². The van der Waals surface area contributed by atoms with Gasteiger partial charge in [0.25, 0.3) is 0 Å². The summed E-state index contributed by atoms with van der Waals surface area (Å²) in [6.45, 7) is 0.0945. The van der Waals surface area contributed by atoms with Crippen LogP contribution >= 0.6 is 11.8 Å². The van der Waals surface area contributed by atoms with E-state index in [4.69, 9.17) is 19.9 Å². The molecule has 3 atom stereocenters. The molecule has 160 valence electrons. The number of hydrogen-bond acceptors (Lipinski definition) is 7. The van der Waals surface area contributed by atoms with E-state index in [1.807, 2.05) is 48.5 Å². The first-order valence-electron chi connectivity index (χ1n) is 10.0. The number of carbonyl (C=O) groups excluding carboxylic acids is 2. The van der Waals surface area contributed by atoms with Gasteiger partial charge in [0.2, 0.25) is 5.91 Å². The highest BCUT2D eigenvalue weighted by molar-refractivity contribution is 8.00. The van der Waals surface area contributed by atoms with Gasteiger partial charge in [-0.15, -0.1) is 11.8 Å². The van der Waals surface area contributed by atoms with Gasteiger partial charge in [-0.3, -0.25) is 9.69 Å². The Kier molecular flexibility index (Phi) is 5.11. The number of fused-ring (bicyclic) bond motifs is 2. The molecule has 1 amide bonds. The number of nitrogens with two attached hydrogens (primary N) is 1. The molecule has 3 aliphatic heterocycles. The number of methoxy groups -OCH3 is 1. The van der Waals surface area contributed by atoms with E-state index in [0.29, 0.717) is 12.2 Å². The van der Waals surface area contributed by atoms with Crippen molar-refractivity contribution in [2.24, 2.45) is 5.73 Å². The van der Waals surface area contributed by atoms with Crippen molar-refractivity contribution in [2.75, 3.05) is 12.9 Å². The van der Waals surface area contributed by atoms with E-state index < -0.39 is 12.0 Å². The molecule has 2 aromatic carbocycles. The van der Waals surface area contributed by atoms with Gasteiger partial charge < -0.3 is 19.9 Å². The van der Waals surface area contributed by atoms with Gasteiger partial charge in [0.15, 0.2) is 0 Å². The zero-order valence-corrected chi connectivity index (χ0v) is 17.8. The Morgan fingerprint density at radius 1 is 1.23 bits per heavy atom. The summed E-state index contributed by atoms with van der Waals surface area (Å²) in [5.41, 5.74) is 8.94. The fourth-order valence-corrected chi connectivity index (χ4v) is 5.45. The van der Waals surface area contributed by atoms with E-state index in [1.54, 1.807) is 18.9 Å². The highest BCUT2D eigenvalue weighted by atomic mass is 32.2. The van der Waals surface area contributed by atoms with Gasteiger partial charge in [0, 0.05) is 17.7 Å². The fourth-order valence-electron chi connectivity index (χ4n) is 4.09. The van der Waals surface area contributed by atoms with E-state index in [2.05, 4.69) is 0 Å².